The summed E-state index contributed by atoms with van der Waals surface area (Å²) in [7, 11) is 3.44. The smallest absolute Gasteiger partial charge is 0.349 e. The van der Waals surface area contributed by atoms with Gasteiger partial charge in [0.1, 0.15) is 6.04 Å². The zero-order valence-corrected chi connectivity index (χ0v) is 21.5. The number of carbonyl (C=O) groups is 1. The fraction of sp³-hybridized carbons (Fsp3) is 0.308. The van der Waals surface area contributed by atoms with Crippen LogP contribution in [0.15, 0.2) is 53.0 Å². The lowest BCUT2D eigenvalue weighted by Crippen LogP contribution is -2.43. The Labute approximate surface area is 211 Å². The predicted molar refractivity (Wildman–Crippen MR) is 135 cm³/mol. The topological polar surface area (TPSA) is 41.4 Å². The van der Waals surface area contributed by atoms with E-state index in [1.54, 1.807) is 49.7 Å². The van der Waals surface area contributed by atoms with Crippen LogP contribution in [0.25, 0.3) is 6.08 Å². The number of nitrogens with zero attached hydrogens (tertiary/aromatic N) is 4. The number of anilines is 2. The van der Waals surface area contributed by atoms with Crippen LogP contribution >= 0.6 is 15.9 Å². The lowest BCUT2D eigenvalue weighted by atomic mass is 10.0. The quantitative estimate of drug-likeness (QED) is 0.392. The molecule has 1 aliphatic heterocycles. The maximum atomic E-state index is 14.1. The molecule has 0 N–H and O–H groups in total. The van der Waals surface area contributed by atoms with Crippen LogP contribution < -0.4 is 4.90 Å². The maximum Gasteiger partial charge on any atom is 0.412 e. The molecule has 1 aromatic heterocycles. The Morgan fingerprint density at radius 2 is 1.74 bits per heavy atom. The van der Waals surface area contributed by atoms with E-state index in [1.807, 2.05) is 30.3 Å². The van der Waals surface area contributed by atoms with Crippen molar-refractivity contribution < 1.29 is 18.0 Å². The molecule has 0 radical (unpaired) electrons. The van der Waals surface area contributed by atoms with Crippen LogP contribution in [0.2, 0.25) is 0 Å². The Bertz CT molecular complexity index is 1280. The van der Waals surface area contributed by atoms with Gasteiger partial charge in [0.05, 0.1) is 30.0 Å². The van der Waals surface area contributed by atoms with Gasteiger partial charge >= 0.3 is 6.18 Å². The maximum absolute atomic E-state index is 14.1. The van der Waals surface area contributed by atoms with Crippen molar-refractivity contribution in [3.63, 3.8) is 0 Å². The van der Waals surface area contributed by atoms with Crippen molar-refractivity contribution in [2.75, 3.05) is 19.0 Å². The fourth-order valence-corrected chi connectivity index (χ4v) is 4.66. The van der Waals surface area contributed by atoms with Crippen LogP contribution in [0, 0.1) is 13.8 Å². The van der Waals surface area contributed by atoms with Gasteiger partial charge in [-0.05, 0) is 48.7 Å². The number of benzene rings is 2. The van der Waals surface area contributed by atoms with Gasteiger partial charge in [0, 0.05) is 24.3 Å². The highest BCUT2D eigenvalue weighted by atomic mass is 79.9. The molecular formula is C26H26BrF3N4O. The van der Waals surface area contributed by atoms with Crippen molar-refractivity contribution in [1.82, 2.24) is 14.7 Å². The van der Waals surface area contributed by atoms with E-state index in [0.717, 1.165) is 15.6 Å². The van der Waals surface area contributed by atoms with Gasteiger partial charge in [0.2, 0.25) is 5.91 Å². The lowest BCUT2D eigenvalue weighted by Gasteiger charge is -2.37. The number of rotatable bonds is 5. The highest BCUT2D eigenvalue weighted by Gasteiger charge is 2.45. The van der Waals surface area contributed by atoms with Crippen LogP contribution in [-0.4, -0.2) is 46.9 Å². The first-order valence-electron chi connectivity index (χ1n) is 11.1. The van der Waals surface area contributed by atoms with E-state index in [0.29, 0.717) is 41.3 Å². The number of likely N-dealkylation sites (N-methyl/N-ethyl adjacent to an activating group) is 1. The summed E-state index contributed by atoms with van der Waals surface area (Å²) in [6, 6.07) is 11.1. The van der Waals surface area contributed by atoms with E-state index >= 15 is 0 Å². The highest BCUT2D eigenvalue weighted by Crippen LogP contribution is 2.44. The molecular weight excluding hydrogens is 521 g/mol. The Balaban J connectivity index is 1.67. The molecule has 184 valence electrons. The van der Waals surface area contributed by atoms with E-state index in [4.69, 9.17) is 0 Å². The van der Waals surface area contributed by atoms with Crippen LogP contribution in [0.5, 0.6) is 0 Å². The first-order chi connectivity index (χ1) is 16.5. The summed E-state index contributed by atoms with van der Waals surface area (Å²) in [5.74, 6) is 0.0167. The standard InChI is InChI=1S/C26H26BrF3N4O/c1-16-25(34-22-11-10-21(27)14-20(22)9-12-23(34)26(28,29)30)17(2)33(31-16)15-19-7-5-18(6-8-19)13-24(35)32(3)4/h5-12,14,23H,13,15H2,1-4H3. The van der Waals surface area contributed by atoms with Crippen LogP contribution in [-0.2, 0) is 17.8 Å². The van der Waals surface area contributed by atoms with Gasteiger partial charge in [-0.3, -0.25) is 9.48 Å². The number of carbonyl (C=O) groups excluding carboxylic acids is 1. The van der Waals surface area contributed by atoms with Crippen molar-refractivity contribution in [3.05, 3.63) is 81.1 Å². The van der Waals surface area contributed by atoms with Crippen molar-refractivity contribution in [2.24, 2.45) is 0 Å². The third kappa shape index (κ3) is 5.15. The normalized spacial score (nSPS) is 15.3. The molecule has 0 fully saturated rings. The molecule has 3 aromatic rings. The summed E-state index contributed by atoms with van der Waals surface area (Å²) in [5.41, 5.74) is 4.65. The number of aromatic nitrogens is 2. The van der Waals surface area contributed by atoms with Crippen LogP contribution in [0.3, 0.4) is 0 Å². The molecule has 0 bridgehead atoms. The predicted octanol–water partition coefficient (Wildman–Crippen LogP) is 6.04. The first-order valence-corrected chi connectivity index (χ1v) is 11.9. The van der Waals surface area contributed by atoms with E-state index in [1.165, 1.54) is 17.1 Å². The Morgan fingerprint density at radius 1 is 1.09 bits per heavy atom. The van der Waals surface area contributed by atoms with Gasteiger partial charge in [-0.25, -0.2) is 0 Å². The van der Waals surface area contributed by atoms with E-state index < -0.39 is 12.2 Å². The zero-order valence-electron chi connectivity index (χ0n) is 19.9. The second kappa shape index (κ2) is 9.53. The van der Waals surface area contributed by atoms with E-state index in [2.05, 4.69) is 21.0 Å². The summed E-state index contributed by atoms with van der Waals surface area (Å²) in [6.07, 6.45) is -1.43. The SMILES string of the molecule is Cc1nn(Cc2ccc(CC(=O)N(C)C)cc2)c(C)c1N1c2ccc(Br)cc2C=CC1C(F)(F)F. The monoisotopic (exact) mass is 546 g/mol. The summed E-state index contributed by atoms with van der Waals surface area (Å²) in [4.78, 5) is 14.8. The number of amides is 1. The minimum atomic E-state index is -4.46. The molecule has 2 heterocycles. The number of fused-ring (bicyclic) bond motifs is 1. The number of halogens is 4. The van der Waals surface area contributed by atoms with Crippen molar-refractivity contribution >= 4 is 39.3 Å². The lowest BCUT2D eigenvalue weighted by molar-refractivity contribution is -0.136. The van der Waals surface area contributed by atoms with Gasteiger partial charge in [0.25, 0.3) is 0 Å². The second-order valence-electron chi connectivity index (χ2n) is 8.88. The fourth-order valence-electron chi connectivity index (χ4n) is 4.28. The Morgan fingerprint density at radius 3 is 2.37 bits per heavy atom. The largest absolute Gasteiger partial charge is 0.412 e. The number of hydrogen-bond acceptors (Lipinski definition) is 3. The Hall–Kier alpha value is -3.07. The van der Waals surface area contributed by atoms with E-state index in [-0.39, 0.29) is 5.91 Å². The first kappa shape index (κ1) is 25.0. The number of aryl methyl sites for hydroxylation is 1. The molecule has 9 heteroatoms. The van der Waals surface area contributed by atoms with Crippen LogP contribution in [0.1, 0.15) is 28.1 Å². The van der Waals surface area contributed by atoms with Crippen LogP contribution in [0.4, 0.5) is 24.5 Å². The summed E-state index contributed by atoms with van der Waals surface area (Å²) >= 11 is 3.40. The zero-order chi connectivity index (χ0) is 25.5. The molecule has 1 amide bonds. The number of alkyl halides is 3. The minimum absolute atomic E-state index is 0.0167. The molecule has 4 rings (SSSR count). The third-order valence-electron chi connectivity index (χ3n) is 6.11. The average Bonchev–Trinajstić information content (AvgIpc) is 3.05. The van der Waals surface area contributed by atoms with Crippen molar-refractivity contribution in [1.29, 1.82) is 0 Å². The molecule has 0 spiro atoms. The summed E-state index contributed by atoms with van der Waals surface area (Å²) in [5, 5.41) is 4.60. The molecule has 1 atom stereocenters. The molecule has 1 unspecified atom stereocenters. The molecule has 35 heavy (non-hydrogen) atoms. The summed E-state index contributed by atoms with van der Waals surface area (Å²) in [6.45, 7) is 3.94. The van der Waals surface area contributed by atoms with Gasteiger partial charge < -0.3 is 9.80 Å². The summed E-state index contributed by atoms with van der Waals surface area (Å²) < 4.78 is 44.8. The average molecular weight is 547 g/mol. The molecule has 0 aliphatic carbocycles. The van der Waals surface area contributed by atoms with Gasteiger partial charge in [-0.2, -0.15) is 18.3 Å². The minimum Gasteiger partial charge on any atom is -0.349 e. The molecule has 2 aromatic carbocycles. The van der Waals surface area contributed by atoms with Gasteiger partial charge in [-0.1, -0.05) is 52.3 Å². The van der Waals surface area contributed by atoms with E-state index in [9.17, 15) is 18.0 Å². The van der Waals surface area contributed by atoms with Crippen molar-refractivity contribution in [2.45, 2.75) is 39.0 Å². The van der Waals surface area contributed by atoms with Gasteiger partial charge in [-0.15, -0.1) is 0 Å². The van der Waals surface area contributed by atoms with Crippen molar-refractivity contribution in [3.8, 4) is 0 Å². The van der Waals surface area contributed by atoms with Gasteiger partial charge in [0.15, 0.2) is 0 Å². The third-order valence-corrected chi connectivity index (χ3v) is 6.61. The molecule has 1 aliphatic rings. The molecule has 0 saturated heterocycles. The number of hydrogen-bond donors (Lipinski definition) is 0. The highest BCUT2D eigenvalue weighted by molar-refractivity contribution is 9.10. The Kier molecular flexibility index (Phi) is 6.81. The second-order valence-corrected chi connectivity index (χ2v) is 9.79. The molecule has 5 nitrogen and oxygen atoms in total. The molecule has 0 saturated carbocycles.